The molecule has 1 aromatic carbocycles. The Morgan fingerprint density at radius 1 is 1.38 bits per heavy atom. The maximum atomic E-state index is 11.8. The number of nitrogen functional groups attached to an aromatic ring is 1. The Labute approximate surface area is 120 Å². The molecule has 0 saturated heterocycles. The minimum absolute atomic E-state index is 0.000393. The second-order valence-corrected chi connectivity index (χ2v) is 4.24. The van der Waals surface area contributed by atoms with E-state index in [4.69, 9.17) is 20.1 Å². The summed E-state index contributed by atoms with van der Waals surface area (Å²) in [5.74, 6) is -1.21. The maximum absolute atomic E-state index is 11.8. The van der Waals surface area contributed by atoms with Gasteiger partial charge in [-0.05, 0) is 24.3 Å². The van der Waals surface area contributed by atoms with E-state index in [0.29, 0.717) is 16.7 Å². The summed E-state index contributed by atoms with van der Waals surface area (Å²) in [6, 6.07) is 8.36. The van der Waals surface area contributed by atoms with Gasteiger partial charge in [0.1, 0.15) is 5.58 Å². The number of carbonyl (C=O) groups excluding carboxylic acids is 2. The van der Waals surface area contributed by atoms with E-state index >= 15 is 0 Å². The number of nitrogens with zero attached hydrogens (tertiary/aromatic N) is 1. The van der Waals surface area contributed by atoms with E-state index in [0.717, 1.165) is 0 Å². The maximum Gasteiger partial charge on any atom is 0.374 e. The number of nitrogens with one attached hydrogen (secondary N) is 1. The lowest BCUT2D eigenvalue weighted by molar-refractivity contribution is -0.124. The molecule has 1 amide bonds. The SMILES string of the molecule is N#CCCNC(=O)COC(=O)c1cc2cc(N)ccc2o1. The van der Waals surface area contributed by atoms with Crippen LogP contribution in [0.3, 0.4) is 0 Å². The Kier molecular flexibility index (Phi) is 4.41. The molecule has 1 heterocycles. The molecule has 0 aliphatic heterocycles. The lowest BCUT2D eigenvalue weighted by Gasteiger charge is -2.03. The number of nitriles is 1. The van der Waals surface area contributed by atoms with Crippen molar-refractivity contribution in [2.24, 2.45) is 0 Å². The van der Waals surface area contributed by atoms with E-state index in [1.54, 1.807) is 18.2 Å². The number of esters is 1. The van der Waals surface area contributed by atoms with Crippen LogP contribution in [0.1, 0.15) is 17.0 Å². The van der Waals surface area contributed by atoms with Crippen LogP contribution < -0.4 is 11.1 Å². The smallest absolute Gasteiger partial charge is 0.374 e. The number of ether oxygens (including phenoxy) is 1. The van der Waals surface area contributed by atoms with Crippen molar-refractivity contribution in [3.8, 4) is 6.07 Å². The van der Waals surface area contributed by atoms with Crippen molar-refractivity contribution in [1.82, 2.24) is 5.32 Å². The molecule has 0 saturated carbocycles. The molecule has 0 aliphatic rings. The Morgan fingerprint density at radius 3 is 2.95 bits per heavy atom. The van der Waals surface area contributed by atoms with Crippen molar-refractivity contribution in [1.29, 1.82) is 5.26 Å². The van der Waals surface area contributed by atoms with Crippen LogP contribution in [0.2, 0.25) is 0 Å². The van der Waals surface area contributed by atoms with E-state index in [-0.39, 0.29) is 18.7 Å². The first-order chi connectivity index (χ1) is 10.1. The highest BCUT2D eigenvalue weighted by Crippen LogP contribution is 2.22. The first kappa shape index (κ1) is 14.4. The molecule has 0 aliphatic carbocycles. The van der Waals surface area contributed by atoms with E-state index in [2.05, 4.69) is 5.32 Å². The Hall–Kier alpha value is -3.01. The van der Waals surface area contributed by atoms with Gasteiger partial charge in [0.05, 0.1) is 12.5 Å². The van der Waals surface area contributed by atoms with Crippen LogP contribution >= 0.6 is 0 Å². The summed E-state index contributed by atoms with van der Waals surface area (Å²) >= 11 is 0. The zero-order valence-corrected chi connectivity index (χ0v) is 11.1. The van der Waals surface area contributed by atoms with Crippen molar-refractivity contribution in [3.63, 3.8) is 0 Å². The van der Waals surface area contributed by atoms with E-state index in [1.165, 1.54) is 6.07 Å². The molecule has 1 aromatic heterocycles. The van der Waals surface area contributed by atoms with Gasteiger partial charge in [0, 0.05) is 17.6 Å². The number of rotatable bonds is 5. The van der Waals surface area contributed by atoms with Gasteiger partial charge in [-0.2, -0.15) is 5.26 Å². The number of nitrogens with two attached hydrogens (primary N) is 1. The molecular formula is C14H13N3O4. The zero-order chi connectivity index (χ0) is 15.2. The lowest BCUT2D eigenvalue weighted by atomic mass is 10.2. The summed E-state index contributed by atoms with van der Waals surface area (Å²) in [5.41, 5.74) is 6.70. The largest absolute Gasteiger partial charge is 0.450 e. The second kappa shape index (κ2) is 6.43. The van der Waals surface area contributed by atoms with Crippen molar-refractivity contribution >= 4 is 28.5 Å². The van der Waals surface area contributed by atoms with Crippen LogP contribution in [0.15, 0.2) is 28.7 Å². The molecular weight excluding hydrogens is 274 g/mol. The number of anilines is 1. The lowest BCUT2D eigenvalue weighted by Crippen LogP contribution is -2.29. The quantitative estimate of drug-likeness (QED) is 0.484. The first-order valence-corrected chi connectivity index (χ1v) is 6.20. The minimum Gasteiger partial charge on any atom is -0.450 e. The first-order valence-electron chi connectivity index (χ1n) is 6.20. The highest BCUT2D eigenvalue weighted by Gasteiger charge is 2.15. The molecule has 0 unspecified atom stereocenters. The van der Waals surface area contributed by atoms with Crippen LogP contribution in [0.4, 0.5) is 5.69 Å². The number of hydrogen-bond acceptors (Lipinski definition) is 6. The van der Waals surface area contributed by atoms with Crippen LogP contribution in [0.5, 0.6) is 0 Å². The molecule has 0 fully saturated rings. The van der Waals surface area contributed by atoms with Gasteiger partial charge >= 0.3 is 5.97 Å². The standard InChI is InChI=1S/C14H13N3O4/c15-4-1-5-17-13(18)8-20-14(19)12-7-9-6-10(16)2-3-11(9)21-12/h2-3,6-7H,1,5,8,16H2,(H,17,18). The van der Waals surface area contributed by atoms with Crippen molar-refractivity contribution in [2.45, 2.75) is 6.42 Å². The predicted octanol–water partition coefficient (Wildman–Crippen LogP) is 1.20. The summed E-state index contributed by atoms with van der Waals surface area (Å²) in [6.45, 7) is -0.208. The average Bonchev–Trinajstić information content (AvgIpc) is 2.88. The number of fused-ring (bicyclic) bond motifs is 1. The van der Waals surface area contributed by atoms with E-state index in [1.807, 2.05) is 6.07 Å². The van der Waals surface area contributed by atoms with Crippen molar-refractivity contribution in [2.75, 3.05) is 18.9 Å². The fourth-order valence-electron chi connectivity index (χ4n) is 1.67. The Bertz CT molecular complexity index is 715. The zero-order valence-electron chi connectivity index (χ0n) is 11.1. The molecule has 0 atom stereocenters. The summed E-state index contributed by atoms with van der Waals surface area (Å²) < 4.78 is 10.1. The van der Waals surface area contributed by atoms with Gasteiger partial charge in [0.15, 0.2) is 6.61 Å². The fourth-order valence-corrected chi connectivity index (χ4v) is 1.67. The number of furan rings is 1. The van der Waals surface area contributed by atoms with Gasteiger partial charge in [0.2, 0.25) is 5.76 Å². The van der Waals surface area contributed by atoms with E-state index < -0.39 is 18.5 Å². The number of benzene rings is 1. The van der Waals surface area contributed by atoms with Gasteiger partial charge in [-0.25, -0.2) is 4.79 Å². The Morgan fingerprint density at radius 2 is 2.19 bits per heavy atom. The fraction of sp³-hybridized carbons (Fsp3) is 0.214. The molecule has 2 aromatic rings. The summed E-state index contributed by atoms with van der Waals surface area (Å²) in [7, 11) is 0. The van der Waals surface area contributed by atoms with E-state index in [9.17, 15) is 9.59 Å². The summed E-state index contributed by atoms with van der Waals surface area (Å²) in [5, 5.41) is 11.4. The number of amides is 1. The number of hydrogen-bond donors (Lipinski definition) is 2. The van der Waals surface area contributed by atoms with Crippen LogP contribution in [0.25, 0.3) is 11.0 Å². The van der Waals surface area contributed by atoms with Gasteiger partial charge in [-0.3, -0.25) is 4.79 Å². The minimum atomic E-state index is -0.736. The topological polar surface area (TPSA) is 118 Å². The van der Waals surface area contributed by atoms with Gasteiger partial charge in [0.25, 0.3) is 5.91 Å². The third kappa shape index (κ3) is 3.73. The summed E-state index contributed by atoms with van der Waals surface area (Å²) in [4.78, 5) is 23.1. The summed E-state index contributed by atoms with van der Waals surface area (Å²) in [6.07, 6.45) is 0.199. The van der Waals surface area contributed by atoms with Crippen LogP contribution in [-0.4, -0.2) is 25.0 Å². The van der Waals surface area contributed by atoms with Crippen LogP contribution in [0, 0.1) is 11.3 Å². The molecule has 3 N–H and O–H groups in total. The third-order valence-corrected chi connectivity index (χ3v) is 2.63. The molecule has 7 nitrogen and oxygen atoms in total. The molecule has 7 heteroatoms. The van der Waals surface area contributed by atoms with Gasteiger partial charge in [-0.15, -0.1) is 0 Å². The molecule has 2 rings (SSSR count). The molecule has 108 valence electrons. The number of carbonyl (C=O) groups is 2. The van der Waals surface area contributed by atoms with Gasteiger partial charge in [-0.1, -0.05) is 0 Å². The van der Waals surface area contributed by atoms with Crippen molar-refractivity contribution in [3.05, 3.63) is 30.0 Å². The Balaban J connectivity index is 1.93. The highest BCUT2D eigenvalue weighted by molar-refractivity contribution is 5.94. The molecule has 0 radical (unpaired) electrons. The van der Waals surface area contributed by atoms with Crippen molar-refractivity contribution < 1.29 is 18.7 Å². The third-order valence-electron chi connectivity index (χ3n) is 2.63. The van der Waals surface area contributed by atoms with Crippen LogP contribution in [-0.2, 0) is 9.53 Å². The monoisotopic (exact) mass is 287 g/mol. The predicted molar refractivity (Wildman–Crippen MR) is 74.1 cm³/mol. The molecule has 0 bridgehead atoms. The second-order valence-electron chi connectivity index (χ2n) is 4.24. The molecule has 21 heavy (non-hydrogen) atoms. The average molecular weight is 287 g/mol. The molecule has 0 spiro atoms. The van der Waals surface area contributed by atoms with Gasteiger partial charge < -0.3 is 20.2 Å². The normalized spacial score (nSPS) is 10.0. The highest BCUT2D eigenvalue weighted by atomic mass is 16.5.